The lowest BCUT2D eigenvalue weighted by molar-refractivity contribution is -0.129. The number of morpholine rings is 1. The van der Waals surface area contributed by atoms with Gasteiger partial charge in [-0.1, -0.05) is 6.07 Å². The molecule has 1 aromatic carbocycles. The summed E-state index contributed by atoms with van der Waals surface area (Å²) in [5.41, 5.74) is 0.857. The van der Waals surface area contributed by atoms with Crippen molar-refractivity contribution >= 4 is 5.91 Å². The maximum absolute atomic E-state index is 13.1. The summed E-state index contributed by atoms with van der Waals surface area (Å²) in [6, 6.07) is 5.57. The van der Waals surface area contributed by atoms with Crippen LogP contribution in [0.2, 0.25) is 0 Å². The molecule has 5 rings (SSSR count). The third-order valence-corrected chi connectivity index (χ3v) is 8.18. The number of phenolic OH excluding ortho intramolecular Hbond substituents is 1. The van der Waals surface area contributed by atoms with Crippen LogP contribution in [0, 0.1) is 5.92 Å². The number of hydrogen-bond acceptors (Lipinski definition) is 6. The van der Waals surface area contributed by atoms with Crippen LogP contribution >= 0.6 is 0 Å². The number of nitrogens with zero attached hydrogens (tertiary/aromatic N) is 2. The topological polar surface area (TPSA) is 85.3 Å². The molecule has 2 heterocycles. The highest BCUT2D eigenvalue weighted by atomic mass is 16.5. The van der Waals surface area contributed by atoms with Crippen molar-refractivity contribution in [1.82, 2.24) is 15.1 Å². The van der Waals surface area contributed by atoms with E-state index in [9.17, 15) is 15.0 Å². The molecule has 3 fully saturated rings. The van der Waals surface area contributed by atoms with Gasteiger partial charge in [0.05, 0.1) is 18.8 Å². The summed E-state index contributed by atoms with van der Waals surface area (Å²) in [5.74, 6) is 0.0821. The van der Waals surface area contributed by atoms with E-state index in [1.807, 2.05) is 12.1 Å². The highest BCUT2D eigenvalue weighted by Crippen LogP contribution is 2.61. The van der Waals surface area contributed by atoms with Gasteiger partial charge in [0.15, 0.2) is 0 Å². The van der Waals surface area contributed by atoms with E-state index in [1.54, 1.807) is 6.07 Å². The van der Waals surface area contributed by atoms with Gasteiger partial charge in [0, 0.05) is 43.6 Å². The largest absolute Gasteiger partial charge is 0.508 e. The Hall–Kier alpha value is -1.67. The second-order valence-electron chi connectivity index (χ2n) is 9.65. The van der Waals surface area contributed by atoms with Crippen molar-refractivity contribution in [3.63, 3.8) is 0 Å². The van der Waals surface area contributed by atoms with E-state index in [0.717, 1.165) is 57.8 Å². The van der Waals surface area contributed by atoms with Crippen molar-refractivity contribution in [2.45, 2.75) is 42.7 Å². The molecule has 7 nitrogen and oxygen atoms in total. The first kappa shape index (κ1) is 20.2. The Bertz CT molecular complexity index is 827. The first-order valence-electron chi connectivity index (χ1n) is 11.3. The van der Waals surface area contributed by atoms with Crippen LogP contribution in [0.25, 0.3) is 0 Å². The Morgan fingerprint density at radius 2 is 2.07 bits per heavy atom. The Labute approximate surface area is 178 Å². The Kier molecular flexibility index (Phi) is 5.05. The first-order valence-corrected chi connectivity index (χ1v) is 11.3. The van der Waals surface area contributed by atoms with E-state index in [2.05, 4.69) is 22.2 Å². The monoisotopic (exact) mass is 415 g/mol. The summed E-state index contributed by atoms with van der Waals surface area (Å²) in [5, 5.41) is 25.3. The van der Waals surface area contributed by atoms with Gasteiger partial charge in [0.2, 0.25) is 5.91 Å². The normalized spacial score (nSPS) is 36.2. The number of aromatic hydroxyl groups is 1. The molecule has 0 spiro atoms. The van der Waals surface area contributed by atoms with Gasteiger partial charge in [-0.05, 0) is 62.5 Å². The number of carbonyl (C=O) groups excluding carboxylic acids is 1. The molecule has 3 N–H and O–H groups in total. The van der Waals surface area contributed by atoms with Gasteiger partial charge in [-0.2, -0.15) is 0 Å². The number of ether oxygens (including phenoxy) is 1. The van der Waals surface area contributed by atoms with Crippen LogP contribution in [0.4, 0.5) is 0 Å². The van der Waals surface area contributed by atoms with Crippen LogP contribution in [0.1, 0.15) is 30.4 Å². The minimum Gasteiger partial charge on any atom is -0.508 e. The van der Waals surface area contributed by atoms with Crippen LogP contribution in [0.3, 0.4) is 0 Å². The molecule has 4 aliphatic rings. The van der Waals surface area contributed by atoms with E-state index in [-0.39, 0.29) is 23.6 Å². The van der Waals surface area contributed by atoms with Crippen molar-refractivity contribution in [2.75, 3.05) is 53.0 Å². The molecule has 1 amide bonds. The number of benzene rings is 1. The van der Waals surface area contributed by atoms with E-state index in [1.165, 1.54) is 5.56 Å². The predicted molar refractivity (Wildman–Crippen MR) is 112 cm³/mol. The molecule has 4 atom stereocenters. The number of hydrogen-bond donors (Lipinski definition) is 3. The van der Waals surface area contributed by atoms with Crippen LogP contribution in [-0.2, 0) is 21.4 Å². The highest BCUT2D eigenvalue weighted by molar-refractivity contribution is 5.80. The van der Waals surface area contributed by atoms with E-state index in [0.29, 0.717) is 19.4 Å². The molecule has 0 unspecified atom stereocenters. The number of likely N-dealkylation sites (N-methyl/N-ethyl adjacent to an activating group) is 1. The molecular formula is C23H33N3O4. The number of nitrogens with one attached hydrogen (secondary N) is 1. The lowest BCUT2D eigenvalue weighted by Crippen LogP contribution is -2.68. The minimum absolute atomic E-state index is 0.00874. The Morgan fingerprint density at radius 1 is 1.27 bits per heavy atom. The number of phenols is 1. The zero-order chi connectivity index (χ0) is 20.9. The van der Waals surface area contributed by atoms with E-state index in [4.69, 9.17) is 4.74 Å². The summed E-state index contributed by atoms with van der Waals surface area (Å²) in [6.45, 7) is 5.70. The number of amides is 1. The average Bonchev–Trinajstić information content (AvgIpc) is 3.07. The molecule has 30 heavy (non-hydrogen) atoms. The summed E-state index contributed by atoms with van der Waals surface area (Å²) in [6.07, 6.45) is 2.70. The molecule has 1 aromatic rings. The number of aliphatic hydroxyl groups is 1. The summed E-state index contributed by atoms with van der Waals surface area (Å²) < 4.78 is 5.38. The molecular weight excluding hydrogens is 382 g/mol. The smallest absolute Gasteiger partial charge is 0.223 e. The Morgan fingerprint density at radius 3 is 2.87 bits per heavy atom. The zero-order valence-electron chi connectivity index (χ0n) is 17.8. The molecule has 2 bridgehead atoms. The van der Waals surface area contributed by atoms with Gasteiger partial charge in [-0.15, -0.1) is 0 Å². The molecule has 164 valence electrons. The molecule has 2 aliphatic heterocycles. The molecule has 7 heteroatoms. The van der Waals surface area contributed by atoms with Gasteiger partial charge >= 0.3 is 0 Å². The van der Waals surface area contributed by atoms with E-state index >= 15 is 0 Å². The summed E-state index contributed by atoms with van der Waals surface area (Å²) in [4.78, 5) is 17.7. The summed E-state index contributed by atoms with van der Waals surface area (Å²) in [7, 11) is 2.08. The number of piperidine rings is 1. The number of carbonyl (C=O) groups is 1. The molecule has 2 aliphatic carbocycles. The fraction of sp³-hybridized carbons (Fsp3) is 0.696. The SMILES string of the molecule is CN1CC[C@]23C[C@@H](C(=O)NCCN4CCOCC4)C[C@@]2(O)[C@H]1Cc1ccc(O)cc13. The summed E-state index contributed by atoms with van der Waals surface area (Å²) >= 11 is 0. The maximum atomic E-state index is 13.1. The standard InChI is InChI=1S/C23H33N3O4/c1-25-6-4-22-14-17(21(28)24-5-7-26-8-10-30-11-9-26)15-23(22,29)20(25)12-16-2-3-18(27)13-19(16)22/h2-3,13,17,20,27,29H,4-12,14-15H2,1H3,(H,24,28)/t17-,20-,22-,23-/m1/s1. The lowest BCUT2D eigenvalue weighted by Gasteiger charge is -2.58. The number of rotatable bonds is 4. The maximum Gasteiger partial charge on any atom is 0.223 e. The fourth-order valence-corrected chi connectivity index (χ4v) is 6.59. The van der Waals surface area contributed by atoms with Crippen LogP contribution in [0.15, 0.2) is 18.2 Å². The predicted octanol–water partition coefficient (Wildman–Crippen LogP) is 0.480. The fourth-order valence-electron chi connectivity index (χ4n) is 6.59. The van der Waals surface area contributed by atoms with Gasteiger partial charge in [-0.3, -0.25) is 9.69 Å². The number of fused-ring (bicyclic) bond motifs is 1. The second kappa shape index (κ2) is 7.48. The minimum atomic E-state index is -0.937. The van der Waals surface area contributed by atoms with Crippen molar-refractivity contribution in [3.05, 3.63) is 29.3 Å². The quantitative estimate of drug-likeness (QED) is 0.663. The molecule has 1 saturated carbocycles. The van der Waals surface area contributed by atoms with Crippen molar-refractivity contribution < 1.29 is 19.7 Å². The van der Waals surface area contributed by atoms with Crippen LogP contribution in [-0.4, -0.2) is 90.5 Å². The second-order valence-corrected chi connectivity index (χ2v) is 9.65. The van der Waals surface area contributed by atoms with E-state index < -0.39 is 11.0 Å². The van der Waals surface area contributed by atoms with Crippen molar-refractivity contribution in [1.29, 1.82) is 0 Å². The zero-order valence-corrected chi connectivity index (χ0v) is 17.8. The van der Waals surface area contributed by atoms with Crippen molar-refractivity contribution in [2.24, 2.45) is 5.92 Å². The number of likely N-dealkylation sites (tertiary alicyclic amines) is 1. The van der Waals surface area contributed by atoms with Crippen molar-refractivity contribution in [3.8, 4) is 5.75 Å². The lowest BCUT2D eigenvalue weighted by atomic mass is 9.56. The highest BCUT2D eigenvalue weighted by Gasteiger charge is 2.67. The van der Waals surface area contributed by atoms with Gasteiger partial charge in [0.1, 0.15) is 5.75 Å². The third-order valence-electron chi connectivity index (χ3n) is 8.18. The molecule has 0 aromatic heterocycles. The van der Waals surface area contributed by atoms with Crippen LogP contribution in [0.5, 0.6) is 5.75 Å². The van der Waals surface area contributed by atoms with Crippen LogP contribution < -0.4 is 5.32 Å². The van der Waals surface area contributed by atoms with Gasteiger partial charge in [-0.25, -0.2) is 0 Å². The third kappa shape index (κ3) is 3.06. The van der Waals surface area contributed by atoms with Gasteiger partial charge in [0.25, 0.3) is 0 Å². The Balaban J connectivity index is 1.35. The van der Waals surface area contributed by atoms with Gasteiger partial charge < -0.3 is 25.2 Å². The molecule has 0 radical (unpaired) electrons. The molecule has 2 saturated heterocycles. The first-order chi connectivity index (χ1) is 14.4. The average molecular weight is 416 g/mol.